The quantitative estimate of drug-likeness (QED) is 0.929. The summed E-state index contributed by atoms with van der Waals surface area (Å²) in [4.78, 5) is 29.3. The first-order chi connectivity index (χ1) is 11.6. The van der Waals surface area contributed by atoms with E-state index in [9.17, 15) is 9.59 Å². The van der Waals surface area contributed by atoms with Crippen molar-refractivity contribution in [3.05, 3.63) is 52.2 Å². The molecule has 0 unspecified atom stereocenters. The third kappa shape index (κ3) is 4.21. The van der Waals surface area contributed by atoms with Crippen molar-refractivity contribution in [2.75, 3.05) is 31.5 Å². The zero-order valence-corrected chi connectivity index (χ0v) is 14.5. The number of thiophene rings is 1. The molecule has 0 atom stereocenters. The van der Waals surface area contributed by atoms with Crippen LogP contribution in [-0.4, -0.2) is 47.8 Å². The van der Waals surface area contributed by atoms with Gasteiger partial charge in [0.15, 0.2) is 0 Å². The molecule has 0 spiro atoms. The van der Waals surface area contributed by atoms with Crippen molar-refractivity contribution >= 4 is 28.8 Å². The van der Waals surface area contributed by atoms with Gasteiger partial charge in [0.2, 0.25) is 5.91 Å². The van der Waals surface area contributed by atoms with Crippen molar-refractivity contribution in [1.82, 2.24) is 9.80 Å². The Bertz CT molecular complexity index is 690. The zero-order chi connectivity index (χ0) is 16.9. The Hall–Kier alpha value is -2.18. The third-order valence-electron chi connectivity index (χ3n) is 4.07. The molecule has 1 aliphatic rings. The number of hydrogen-bond acceptors (Lipinski definition) is 4. The fourth-order valence-electron chi connectivity index (χ4n) is 2.81. The van der Waals surface area contributed by atoms with E-state index in [1.165, 1.54) is 11.8 Å². The van der Waals surface area contributed by atoms with Gasteiger partial charge in [-0.05, 0) is 35.7 Å². The van der Waals surface area contributed by atoms with Crippen LogP contribution in [0.2, 0.25) is 0 Å². The summed E-state index contributed by atoms with van der Waals surface area (Å²) in [6.07, 6.45) is 0. The molecule has 1 saturated heterocycles. The molecule has 2 aromatic rings. The topological polar surface area (TPSA) is 52.7 Å². The van der Waals surface area contributed by atoms with E-state index >= 15 is 0 Å². The molecule has 0 bridgehead atoms. The van der Waals surface area contributed by atoms with E-state index < -0.39 is 0 Å². The predicted octanol–water partition coefficient (Wildman–Crippen LogP) is 2.66. The van der Waals surface area contributed by atoms with Crippen molar-refractivity contribution in [2.45, 2.75) is 13.5 Å². The second-order valence-corrected chi connectivity index (χ2v) is 6.94. The average Bonchev–Trinajstić information content (AvgIpc) is 3.08. The van der Waals surface area contributed by atoms with E-state index in [4.69, 9.17) is 0 Å². The molecule has 0 saturated carbocycles. The first-order valence-corrected chi connectivity index (χ1v) is 8.91. The Morgan fingerprint density at radius 3 is 2.38 bits per heavy atom. The lowest BCUT2D eigenvalue weighted by atomic mass is 10.1. The lowest BCUT2D eigenvalue weighted by Crippen LogP contribution is -2.48. The molecular weight excluding hydrogens is 322 g/mol. The van der Waals surface area contributed by atoms with E-state index in [0.29, 0.717) is 11.3 Å². The molecule has 1 N–H and O–H groups in total. The molecule has 3 rings (SSSR count). The molecule has 2 amide bonds. The van der Waals surface area contributed by atoms with Crippen molar-refractivity contribution in [2.24, 2.45) is 0 Å². The maximum Gasteiger partial charge on any atom is 0.253 e. The van der Waals surface area contributed by atoms with Crippen molar-refractivity contribution in [1.29, 1.82) is 0 Å². The summed E-state index contributed by atoms with van der Waals surface area (Å²) in [6.45, 7) is 5.72. The van der Waals surface area contributed by atoms with Crippen LogP contribution >= 0.6 is 11.3 Å². The van der Waals surface area contributed by atoms with E-state index in [1.54, 1.807) is 35.6 Å². The van der Waals surface area contributed by atoms with Gasteiger partial charge in [0, 0.05) is 55.8 Å². The second-order valence-electron chi connectivity index (χ2n) is 5.91. The van der Waals surface area contributed by atoms with Crippen LogP contribution in [0.3, 0.4) is 0 Å². The summed E-state index contributed by atoms with van der Waals surface area (Å²) in [5.74, 6) is -0.0592. The number of carbonyl (C=O) groups excluding carboxylic acids is 2. The first-order valence-electron chi connectivity index (χ1n) is 8.03. The number of hydrogen-bond donors (Lipinski definition) is 1. The van der Waals surface area contributed by atoms with Crippen LogP contribution in [0.4, 0.5) is 5.69 Å². The first kappa shape index (κ1) is 16.7. The Morgan fingerprint density at radius 1 is 1.08 bits per heavy atom. The summed E-state index contributed by atoms with van der Waals surface area (Å²) in [5.41, 5.74) is 1.37. The zero-order valence-electron chi connectivity index (χ0n) is 13.7. The summed E-state index contributed by atoms with van der Waals surface area (Å²) >= 11 is 1.77. The van der Waals surface area contributed by atoms with Crippen LogP contribution in [0.5, 0.6) is 0 Å². The molecule has 0 radical (unpaired) electrons. The van der Waals surface area contributed by atoms with E-state index in [-0.39, 0.29) is 11.8 Å². The number of rotatable bonds is 4. The Morgan fingerprint density at radius 2 is 1.79 bits per heavy atom. The average molecular weight is 343 g/mol. The number of anilines is 1. The summed E-state index contributed by atoms with van der Waals surface area (Å²) in [7, 11) is 0. The molecular formula is C18H21N3O2S. The van der Waals surface area contributed by atoms with Gasteiger partial charge in [-0.3, -0.25) is 14.5 Å². The normalized spacial score (nSPS) is 15.3. The van der Waals surface area contributed by atoms with E-state index in [1.807, 2.05) is 4.90 Å². The number of benzene rings is 1. The highest BCUT2D eigenvalue weighted by Crippen LogP contribution is 2.16. The molecule has 5 nitrogen and oxygen atoms in total. The van der Waals surface area contributed by atoms with Gasteiger partial charge in [0.1, 0.15) is 0 Å². The molecule has 126 valence electrons. The van der Waals surface area contributed by atoms with Crippen LogP contribution < -0.4 is 5.32 Å². The molecule has 2 heterocycles. The standard InChI is InChI=1S/C18H21N3O2S/c1-14(22)19-16-6-4-15(5-7-16)18(23)21-10-8-20(9-11-21)13-17-3-2-12-24-17/h2-7,12H,8-11,13H2,1H3,(H,19,22). The van der Waals surface area contributed by atoms with Crippen molar-refractivity contribution < 1.29 is 9.59 Å². The van der Waals surface area contributed by atoms with Gasteiger partial charge in [-0.25, -0.2) is 0 Å². The lowest BCUT2D eigenvalue weighted by molar-refractivity contribution is -0.114. The third-order valence-corrected chi connectivity index (χ3v) is 4.93. The van der Waals surface area contributed by atoms with Crippen LogP contribution in [0.15, 0.2) is 41.8 Å². The van der Waals surface area contributed by atoms with E-state index in [2.05, 4.69) is 27.7 Å². The van der Waals surface area contributed by atoms with Crippen molar-refractivity contribution in [3.63, 3.8) is 0 Å². The minimum atomic E-state index is -0.115. The van der Waals surface area contributed by atoms with Gasteiger partial charge in [-0.1, -0.05) is 6.07 Å². The van der Waals surface area contributed by atoms with Gasteiger partial charge < -0.3 is 10.2 Å². The number of amides is 2. The van der Waals surface area contributed by atoms with Crippen LogP contribution in [0, 0.1) is 0 Å². The molecule has 1 aromatic carbocycles. The number of nitrogens with one attached hydrogen (secondary N) is 1. The molecule has 0 aliphatic carbocycles. The molecule has 24 heavy (non-hydrogen) atoms. The SMILES string of the molecule is CC(=O)Nc1ccc(C(=O)N2CCN(Cc3cccs3)CC2)cc1. The fraction of sp³-hybridized carbons (Fsp3) is 0.333. The lowest BCUT2D eigenvalue weighted by Gasteiger charge is -2.34. The molecule has 1 aliphatic heterocycles. The van der Waals surface area contributed by atoms with Crippen LogP contribution in [0.1, 0.15) is 22.2 Å². The monoisotopic (exact) mass is 343 g/mol. The molecule has 6 heteroatoms. The largest absolute Gasteiger partial charge is 0.336 e. The summed E-state index contributed by atoms with van der Waals surface area (Å²) < 4.78 is 0. The predicted molar refractivity (Wildman–Crippen MR) is 96.2 cm³/mol. The van der Waals surface area contributed by atoms with E-state index in [0.717, 1.165) is 32.7 Å². The van der Waals surface area contributed by atoms with Crippen LogP contribution in [-0.2, 0) is 11.3 Å². The molecule has 1 aromatic heterocycles. The highest BCUT2D eigenvalue weighted by Gasteiger charge is 2.22. The van der Waals surface area contributed by atoms with Gasteiger partial charge >= 0.3 is 0 Å². The second kappa shape index (κ2) is 7.59. The highest BCUT2D eigenvalue weighted by molar-refractivity contribution is 7.09. The number of piperazine rings is 1. The Balaban J connectivity index is 1.54. The number of carbonyl (C=O) groups is 2. The molecule has 1 fully saturated rings. The highest BCUT2D eigenvalue weighted by atomic mass is 32.1. The maximum atomic E-state index is 12.6. The fourth-order valence-corrected chi connectivity index (χ4v) is 3.56. The Labute approximate surface area is 145 Å². The minimum Gasteiger partial charge on any atom is -0.336 e. The van der Waals surface area contributed by atoms with Gasteiger partial charge in [-0.2, -0.15) is 0 Å². The van der Waals surface area contributed by atoms with Crippen molar-refractivity contribution in [3.8, 4) is 0 Å². The Kier molecular flexibility index (Phi) is 5.27. The smallest absolute Gasteiger partial charge is 0.253 e. The maximum absolute atomic E-state index is 12.6. The number of nitrogens with zero attached hydrogens (tertiary/aromatic N) is 2. The van der Waals surface area contributed by atoms with Gasteiger partial charge in [-0.15, -0.1) is 11.3 Å². The van der Waals surface area contributed by atoms with Gasteiger partial charge in [0.05, 0.1) is 0 Å². The van der Waals surface area contributed by atoms with Crippen LogP contribution in [0.25, 0.3) is 0 Å². The van der Waals surface area contributed by atoms with Gasteiger partial charge in [0.25, 0.3) is 5.91 Å². The summed E-state index contributed by atoms with van der Waals surface area (Å²) in [5, 5.41) is 4.80. The minimum absolute atomic E-state index is 0.0557. The summed E-state index contributed by atoms with van der Waals surface area (Å²) in [6, 6.07) is 11.3.